The Morgan fingerprint density at radius 3 is 2.75 bits per heavy atom. The van der Waals surface area contributed by atoms with Crippen LogP contribution >= 0.6 is 15.9 Å². The van der Waals surface area contributed by atoms with Gasteiger partial charge in [-0.1, -0.05) is 0 Å². The predicted molar refractivity (Wildman–Crippen MR) is 48.2 cm³/mol. The SMILES string of the molecule is CN(N)C(=O)c1ccc(Br)cn1. The van der Waals surface area contributed by atoms with Crippen molar-refractivity contribution in [3.05, 3.63) is 28.5 Å². The summed E-state index contributed by atoms with van der Waals surface area (Å²) in [6.45, 7) is 0. The average Bonchev–Trinajstić information content (AvgIpc) is 2.04. The van der Waals surface area contributed by atoms with E-state index >= 15 is 0 Å². The van der Waals surface area contributed by atoms with Crippen molar-refractivity contribution in [3.63, 3.8) is 0 Å². The molecule has 0 aliphatic rings. The summed E-state index contributed by atoms with van der Waals surface area (Å²) in [7, 11) is 1.48. The van der Waals surface area contributed by atoms with E-state index in [1.807, 2.05) is 0 Å². The maximum Gasteiger partial charge on any atom is 0.286 e. The number of nitrogens with two attached hydrogens (primary N) is 1. The van der Waals surface area contributed by atoms with Crippen molar-refractivity contribution in [2.24, 2.45) is 5.84 Å². The number of carbonyl (C=O) groups is 1. The monoisotopic (exact) mass is 229 g/mol. The number of hydrogen-bond acceptors (Lipinski definition) is 3. The minimum Gasteiger partial charge on any atom is -0.278 e. The van der Waals surface area contributed by atoms with Gasteiger partial charge in [0.1, 0.15) is 5.69 Å². The van der Waals surface area contributed by atoms with Crippen LogP contribution in [0, 0.1) is 0 Å². The first kappa shape index (κ1) is 9.15. The third kappa shape index (κ3) is 2.02. The van der Waals surface area contributed by atoms with E-state index in [0.717, 1.165) is 9.48 Å². The Kier molecular flexibility index (Phi) is 2.78. The minimum atomic E-state index is -0.303. The molecular weight excluding hydrogens is 222 g/mol. The van der Waals surface area contributed by atoms with Gasteiger partial charge in [-0.15, -0.1) is 0 Å². The summed E-state index contributed by atoms with van der Waals surface area (Å²) in [5.74, 6) is 4.93. The lowest BCUT2D eigenvalue weighted by Gasteiger charge is -2.08. The number of hydrazine groups is 1. The first-order valence-corrected chi connectivity index (χ1v) is 4.05. The molecule has 12 heavy (non-hydrogen) atoms. The van der Waals surface area contributed by atoms with Crippen LogP contribution in [-0.4, -0.2) is 22.9 Å². The highest BCUT2D eigenvalue weighted by atomic mass is 79.9. The summed E-state index contributed by atoms with van der Waals surface area (Å²) in [6.07, 6.45) is 1.55. The van der Waals surface area contributed by atoms with E-state index in [1.165, 1.54) is 7.05 Å². The first-order valence-electron chi connectivity index (χ1n) is 3.25. The smallest absolute Gasteiger partial charge is 0.278 e. The van der Waals surface area contributed by atoms with Crippen molar-refractivity contribution >= 4 is 21.8 Å². The Balaban J connectivity index is 2.90. The van der Waals surface area contributed by atoms with Crippen molar-refractivity contribution in [2.75, 3.05) is 7.05 Å². The Morgan fingerprint density at radius 1 is 1.67 bits per heavy atom. The summed E-state index contributed by atoms with van der Waals surface area (Å²) in [5.41, 5.74) is 0.336. The molecule has 0 radical (unpaired) electrons. The molecule has 1 rings (SSSR count). The number of rotatable bonds is 1. The molecule has 1 aromatic heterocycles. The fourth-order valence-electron chi connectivity index (χ4n) is 0.683. The van der Waals surface area contributed by atoms with Gasteiger partial charge in [-0.2, -0.15) is 0 Å². The molecular formula is C7H8BrN3O. The second kappa shape index (κ2) is 3.64. The number of nitrogens with zero attached hydrogens (tertiary/aromatic N) is 2. The Hall–Kier alpha value is -0.940. The number of halogens is 1. The fourth-order valence-corrected chi connectivity index (χ4v) is 0.918. The molecule has 0 fully saturated rings. The summed E-state index contributed by atoms with van der Waals surface area (Å²) in [6, 6.07) is 3.35. The van der Waals surface area contributed by atoms with E-state index in [0.29, 0.717) is 5.69 Å². The third-order valence-corrected chi connectivity index (χ3v) is 1.74. The number of pyridine rings is 1. The Labute approximate surface area is 78.5 Å². The minimum absolute atomic E-state index is 0.303. The molecule has 0 aliphatic carbocycles. The summed E-state index contributed by atoms with van der Waals surface area (Å²) in [5, 5.41) is 0.996. The Morgan fingerprint density at radius 2 is 2.33 bits per heavy atom. The molecule has 0 aliphatic heterocycles. The van der Waals surface area contributed by atoms with Crippen LogP contribution in [0.15, 0.2) is 22.8 Å². The lowest BCUT2D eigenvalue weighted by molar-refractivity contribution is 0.0789. The van der Waals surface area contributed by atoms with Crippen LogP contribution in [0.1, 0.15) is 10.5 Å². The van der Waals surface area contributed by atoms with Crippen LogP contribution in [0.2, 0.25) is 0 Å². The maximum absolute atomic E-state index is 11.2. The fraction of sp³-hybridized carbons (Fsp3) is 0.143. The number of amides is 1. The van der Waals surface area contributed by atoms with E-state index in [-0.39, 0.29) is 5.91 Å². The molecule has 1 aromatic rings. The van der Waals surface area contributed by atoms with Gasteiger partial charge in [0, 0.05) is 17.7 Å². The summed E-state index contributed by atoms with van der Waals surface area (Å²) in [4.78, 5) is 15.1. The second-order valence-corrected chi connectivity index (χ2v) is 3.19. The van der Waals surface area contributed by atoms with Gasteiger partial charge < -0.3 is 0 Å². The zero-order chi connectivity index (χ0) is 9.14. The summed E-state index contributed by atoms with van der Waals surface area (Å²) >= 11 is 3.21. The van der Waals surface area contributed by atoms with E-state index < -0.39 is 0 Å². The molecule has 0 bridgehead atoms. The highest BCUT2D eigenvalue weighted by Gasteiger charge is 2.08. The van der Waals surface area contributed by atoms with Crippen molar-refractivity contribution in [1.82, 2.24) is 9.99 Å². The van der Waals surface area contributed by atoms with Gasteiger partial charge in [0.2, 0.25) is 0 Å². The van der Waals surface area contributed by atoms with Crippen molar-refractivity contribution < 1.29 is 4.79 Å². The molecule has 4 nitrogen and oxygen atoms in total. The molecule has 0 unspecified atom stereocenters. The lowest BCUT2D eigenvalue weighted by atomic mass is 10.3. The molecule has 0 atom stereocenters. The van der Waals surface area contributed by atoms with Gasteiger partial charge in [-0.3, -0.25) is 9.80 Å². The van der Waals surface area contributed by atoms with Crippen molar-refractivity contribution in [2.45, 2.75) is 0 Å². The van der Waals surface area contributed by atoms with Crippen LogP contribution in [-0.2, 0) is 0 Å². The van der Waals surface area contributed by atoms with Crippen molar-refractivity contribution in [3.8, 4) is 0 Å². The van der Waals surface area contributed by atoms with Crippen LogP contribution in [0.25, 0.3) is 0 Å². The topological polar surface area (TPSA) is 59.2 Å². The van der Waals surface area contributed by atoms with Crippen LogP contribution in [0.5, 0.6) is 0 Å². The van der Waals surface area contributed by atoms with Gasteiger partial charge in [0.25, 0.3) is 5.91 Å². The first-order chi connectivity index (χ1) is 5.61. The van der Waals surface area contributed by atoms with Crippen LogP contribution in [0.4, 0.5) is 0 Å². The van der Waals surface area contributed by atoms with Gasteiger partial charge in [0.05, 0.1) is 0 Å². The maximum atomic E-state index is 11.2. The normalized spacial score (nSPS) is 9.58. The largest absolute Gasteiger partial charge is 0.286 e. The van der Waals surface area contributed by atoms with Gasteiger partial charge in [0.15, 0.2) is 0 Å². The molecule has 64 valence electrons. The van der Waals surface area contributed by atoms with E-state index in [9.17, 15) is 4.79 Å². The zero-order valence-electron chi connectivity index (χ0n) is 6.49. The highest BCUT2D eigenvalue weighted by molar-refractivity contribution is 9.10. The molecule has 0 saturated carbocycles. The standard InChI is InChI=1S/C7H8BrN3O/c1-11(9)7(12)6-3-2-5(8)4-10-6/h2-4H,9H2,1H3. The molecule has 1 amide bonds. The zero-order valence-corrected chi connectivity index (χ0v) is 8.08. The van der Waals surface area contributed by atoms with E-state index in [2.05, 4.69) is 20.9 Å². The molecule has 2 N–H and O–H groups in total. The predicted octanol–water partition coefficient (Wildman–Crippen LogP) is 0.790. The summed E-state index contributed by atoms with van der Waals surface area (Å²) < 4.78 is 0.832. The van der Waals surface area contributed by atoms with Crippen molar-refractivity contribution in [1.29, 1.82) is 0 Å². The van der Waals surface area contributed by atoms with E-state index in [1.54, 1.807) is 18.3 Å². The van der Waals surface area contributed by atoms with Gasteiger partial charge >= 0.3 is 0 Å². The number of hydrogen-bond donors (Lipinski definition) is 1. The molecule has 0 aromatic carbocycles. The Bertz CT molecular complexity index is 283. The molecule has 0 spiro atoms. The number of aromatic nitrogens is 1. The molecule has 1 heterocycles. The molecule has 0 saturated heterocycles. The highest BCUT2D eigenvalue weighted by Crippen LogP contribution is 2.07. The van der Waals surface area contributed by atoms with Crippen LogP contribution in [0.3, 0.4) is 0 Å². The lowest BCUT2D eigenvalue weighted by Crippen LogP contribution is -2.33. The second-order valence-electron chi connectivity index (χ2n) is 2.28. The van der Waals surface area contributed by atoms with Gasteiger partial charge in [-0.05, 0) is 28.1 Å². The molecule has 5 heteroatoms. The van der Waals surface area contributed by atoms with E-state index in [4.69, 9.17) is 5.84 Å². The van der Waals surface area contributed by atoms with Gasteiger partial charge in [-0.25, -0.2) is 10.8 Å². The van der Waals surface area contributed by atoms with Crippen LogP contribution < -0.4 is 5.84 Å². The quantitative estimate of drug-likeness (QED) is 0.440. The number of carbonyl (C=O) groups excluding carboxylic acids is 1. The third-order valence-electron chi connectivity index (χ3n) is 1.27. The average molecular weight is 230 g/mol.